The van der Waals surface area contributed by atoms with Crippen molar-refractivity contribution < 1.29 is 14.3 Å². The number of aromatic nitrogens is 1. The lowest BCUT2D eigenvalue weighted by Gasteiger charge is -2.21. The third-order valence-electron chi connectivity index (χ3n) is 4.07. The lowest BCUT2D eigenvalue weighted by atomic mass is 10.2. The minimum Gasteiger partial charge on any atom is -0.486 e. The van der Waals surface area contributed by atoms with Crippen molar-refractivity contribution >= 4 is 40.4 Å². The van der Waals surface area contributed by atoms with Crippen LogP contribution in [0.25, 0.3) is 0 Å². The Morgan fingerprint density at radius 1 is 1.07 bits per heavy atom. The van der Waals surface area contributed by atoms with Crippen molar-refractivity contribution in [3.05, 3.63) is 80.2 Å². The number of benzene rings is 2. The van der Waals surface area contributed by atoms with Gasteiger partial charge in [-0.05, 0) is 48.5 Å². The number of hydrogen-bond acceptors (Lipinski definition) is 5. The molecule has 0 aliphatic carbocycles. The first-order valence-electron chi connectivity index (χ1n) is 8.90. The maximum absolute atomic E-state index is 12.9. The zero-order chi connectivity index (χ0) is 20.6. The molecule has 0 saturated heterocycles. The molecule has 152 valence electrons. The van der Waals surface area contributed by atoms with Gasteiger partial charge in [0.15, 0.2) is 0 Å². The number of halogens is 2. The maximum atomic E-state index is 12.9. The van der Waals surface area contributed by atoms with E-state index in [1.54, 1.807) is 48.4 Å². The van der Waals surface area contributed by atoms with E-state index in [2.05, 4.69) is 4.98 Å². The third-order valence-corrected chi connectivity index (χ3v) is 5.45. The summed E-state index contributed by atoms with van der Waals surface area (Å²) in [5, 5.41) is 4.03. The van der Waals surface area contributed by atoms with Crippen LogP contribution in [0.3, 0.4) is 0 Å². The van der Waals surface area contributed by atoms with Crippen molar-refractivity contribution in [3.8, 4) is 5.75 Å². The van der Waals surface area contributed by atoms with Gasteiger partial charge in [-0.15, -0.1) is 11.3 Å². The van der Waals surface area contributed by atoms with Gasteiger partial charge in [-0.1, -0.05) is 23.2 Å². The number of thiazole rings is 1. The van der Waals surface area contributed by atoms with Crippen molar-refractivity contribution in [3.63, 3.8) is 0 Å². The van der Waals surface area contributed by atoms with Crippen molar-refractivity contribution in [2.24, 2.45) is 0 Å². The molecule has 1 aromatic heterocycles. The van der Waals surface area contributed by atoms with Crippen LogP contribution in [0, 0.1) is 0 Å². The SMILES string of the molecule is COCCN(Cc1csc(COc2ccc(Cl)cc2)n1)C(=O)c1ccc(Cl)cc1. The molecule has 0 spiro atoms. The molecule has 0 aliphatic rings. The van der Waals surface area contributed by atoms with Crippen LogP contribution in [-0.4, -0.2) is 36.1 Å². The molecule has 29 heavy (non-hydrogen) atoms. The molecule has 1 amide bonds. The van der Waals surface area contributed by atoms with Crippen LogP contribution in [-0.2, 0) is 17.9 Å². The highest BCUT2D eigenvalue weighted by Gasteiger charge is 2.17. The molecule has 3 rings (SSSR count). The van der Waals surface area contributed by atoms with E-state index in [4.69, 9.17) is 32.7 Å². The van der Waals surface area contributed by atoms with Gasteiger partial charge in [-0.2, -0.15) is 0 Å². The van der Waals surface area contributed by atoms with E-state index in [-0.39, 0.29) is 5.91 Å². The molecule has 8 heteroatoms. The third kappa shape index (κ3) is 6.44. The van der Waals surface area contributed by atoms with Gasteiger partial charge in [0.05, 0.1) is 18.8 Å². The molecule has 5 nitrogen and oxygen atoms in total. The Morgan fingerprint density at radius 3 is 2.38 bits per heavy atom. The summed E-state index contributed by atoms with van der Waals surface area (Å²) in [5.74, 6) is 0.636. The smallest absolute Gasteiger partial charge is 0.254 e. The fourth-order valence-corrected chi connectivity index (χ4v) is 3.54. The van der Waals surface area contributed by atoms with Crippen LogP contribution in [0.15, 0.2) is 53.9 Å². The van der Waals surface area contributed by atoms with Crippen LogP contribution in [0.5, 0.6) is 5.75 Å². The average Bonchev–Trinajstić information content (AvgIpc) is 3.18. The first kappa shape index (κ1) is 21.6. The zero-order valence-electron chi connectivity index (χ0n) is 15.8. The summed E-state index contributed by atoms with van der Waals surface area (Å²) in [6.45, 7) is 1.65. The molecule has 1 heterocycles. The summed E-state index contributed by atoms with van der Waals surface area (Å²) in [5.41, 5.74) is 1.38. The van der Waals surface area contributed by atoms with E-state index in [1.165, 1.54) is 11.3 Å². The molecule has 0 N–H and O–H groups in total. The number of ether oxygens (including phenoxy) is 2. The number of nitrogens with zero attached hydrogens (tertiary/aromatic N) is 2. The van der Waals surface area contributed by atoms with Gasteiger partial charge in [0.2, 0.25) is 0 Å². The summed E-state index contributed by atoms with van der Waals surface area (Å²) >= 11 is 13.3. The Bertz CT molecular complexity index is 930. The first-order valence-corrected chi connectivity index (χ1v) is 10.5. The molecular formula is C21H20Cl2N2O3S. The number of carbonyl (C=O) groups excluding carboxylic acids is 1. The second-order valence-corrected chi connectivity index (χ2v) is 8.02. The van der Waals surface area contributed by atoms with Gasteiger partial charge in [-0.3, -0.25) is 4.79 Å². The van der Waals surface area contributed by atoms with Crippen molar-refractivity contribution in [2.75, 3.05) is 20.3 Å². The average molecular weight is 451 g/mol. The van der Waals surface area contributed by atoms with Gasteiger partial charge in [0, 0.05) is 34.6 Å². The van der Waals surface area contributed by atoms with Crippen LogP contribution in [0.1, 0.15) is 21.1 Å². The summed E-state index contributed by atoms with van der Waals surface area (Å²) in [6.07, 6.45) is 0. The predicted molar refractivity (Wildman–Crippen MR) is 116 cm³/mol. The molecule has 0 fully saturated rings. The second kappa shape index (κ2) is 10.6. The second-order valence-electron chi connectivity index (χ2n) is 6.20. The molecule has 0 bridgehead atoms. The minimum absolute atomic E-state index is 0.0920. The summed E-state index contributed by atoms with van der Waals surface area (Å²) < 4.78 is 10.9. The Kier molecular flexibility index (Phi) is 7.89. The zero-order valence-corrected chi connectivity index (χ0v) is 18.1. The molecule has 2 aromatic carbocycles. The van der Waals surface area contributed by atoms with Crippen molar-refractivity contribution in [1.29, 1.82) is 0 Å². The molecule has 0 saturated carbocycles. The van der Waals surface area contributed by atoms with E-state index >= 15 is 0 Å². The fraction of sp³-hybridized carbons (Fsp3) is 0.238. The molecule has 0 radical (unpaired) electrons. The van der Waals surface area contributed by atoms with Crippen LogP contribution in [0.4, 0.5) is 0 Å². The highest BCUT2D eigenvalue weighted by Crippen LogP contribution is 2.19. The van der Waals surface area contributed by atoms with Gasteiger partial charge in [0.25, 0.3) is 5.91 Å². The van der Waals surface area contributed by atoms with Crippen LogP contribution in [0.2, 0.25) is 10.0 Å². The minimum atomic E-state index is -0.0920. The number of hydrogen-bond donors (Lipinski definition) is 0. The molecule has 3 aromatic rings. The highest BCUT2D eigenvalue weighted by atomic mass is 35.5. The largest absolute Gasteiger partial charge is 0.486 e. The summed E-state index contributed by atoms with van der Waals surface area (Å²) in [4.78, 5) is 19.2. The Labute approximate surface area is 183 Å². The number of methoxy groups -OCH3 is 1. The normalized spacial score (nSPS) is 10.7. The lowest BCUT2D eigenvalue weighted by molar-refractivity contribution is 0.0678. The Hall–Kier alpha value is -2.12. The molecular weight excluding hydrogens is 431 g/mol. The van der Waals surface area contributed by atoms with Gasteiger partial charge >= 0.3 is 0 Å². The van der Waals surface area contributed by atoms with Gasteiger partial charge in [-0.25, -0.2) is 4.98 Å². The Balaban J connectivity index is 1.64. The van der Waals surface area contributed by atoms with Crippen LogP contribution < -0.4 is 4.74 Å². The van der Waals surface area contributed by atoms with Crippen molar-refractivity contribution in [2.45, 2.75) is 13.2 Å². The van der Waals surface area contributed by atoms with Gasteiger partial charge < -0.3 is 14.4 Å². The summed E-state index contributed by atoms with van der Waals surface area (Å²) in [7, 11) is 1.61. The van der Waals surface area contributed by atoms with Crippen LogP contribution >= 0.6 is 34.5 Å². The van der Waals surface area contributed by atoms with E-state index in [0.29, 0.717) is 41.9 Å². The number of amides is 1. The van der Waals surface area contributed by atoms with E-state index < -0.39 is 0 Å². The molecule has 0 aliphatic heterocycles. The first-order chi connectivity index (χ1) is 14.0. The number of rotatable bonds is 9. The highest BCUT2D eigenvalue weighted by molar-refractivity contribution is 7.09. The fourth-order valence-electron chi connectivity index (χ4n) is 2.59. The maximum Gasteiger partial charge on any atom is 0.254 e. The predicted octanol–water partition coefficient (Wildman–Crippen LogP) is 5.32. The standard InChI is InChI=1S/C21H20Cl2N2O3S/c1-27-11-10-25(21(26)15-2-4-16(22)5-3-15)12-18-14-29-20(24-18)13-28-19-8-6-17(23)7-9-19/h2-9,14H,10-13H2,1H3. The summed E-state index contributed by atoms with van der Waals surface area (Å²) in [6, 6.07) is 14.0. The number of carbonyl (C=O) groups is 1. The Morgan fingerprint density at radius 2 is 1.72 bits per heavy atom. The van der Waals surface area contributed by atoms with E-state index in [1.807, 2.05) is 17.5 Å². The van der Waals surface area contributed by atoms with Gasteiger partial charge in [0.1, 0.15) is 17.4 Å². The molecule has 0 unspecified atom stereocenters. The van der Waals surface area contributed by atoms with E-state index in [9.17, 15) is 4.79 Å². The lowest BCUT2D eigenvalue weighted by Crippen LogP contribution is -2.33. The monoisotopic (exact) mass is 450 g/mol. The topological polar surface area (TPSA) is 51.7 Å². The van der Waals surface area contributed by atoms with Crippen molar-refractivity contribution in [1.82, 2.24) is 9.88 Å². The molecule has 0 atom stereocenters. The quantitative estimate of drug-likeness (QED) is 0.442. The van der Waals surface area contributed by atoms with E-state index in [0.717, 1.165) is 16.5 Å².